The lowest BCUT2D eigenvalue weighted by Crippen LogP contribution is -2.25. The summed E-state index contributed by atoms with van der Waals surface area (Å²) in [5.74, 6) is 1.25. The number of nitrogens with one attached hydrogen (secondary N) is 2. The highest BCUT2D eigenvalue weighted by Gasteiger charge is 2.18. The minimum Gasteiger partial charge on any atom is -0.384 e. The summed E-state index contributed by atoms with van der Waals surface area (Å²) in [7, 11) is 1.66. The van der Waals surface area contributed by atoms with Gasteiger partial charge in [-0.2, -0.15) is 5.26 Å². The second-order valence-electron chi connectivity index (χ2n) is 6.96. The number of aryl methyl sites for hydroxylation is 1. The molecule has 2 N–H and O–H groups in total. The smallest absolute Gasteiger partial charge is 0.162 e. The topological polar surface area (TPSA) is 125 Å². The monoisotopic (exact) mass is 406 g/mol. The minimum atomic E-state index is -0.120. The summed E-state index contributed by atoms with van der Waals surface area (Å²) in [5, 5.41) is 24.7. The van der Waals surface area contributed by atoms with Crippen LogP contribution in [0.2, 0.25) is 0 Å². The van der Waals surface area contributed by atoms with Crippen LogP contribution >= 0.6 is 0 Å². The third kappa shape index (κ3) is 4.96. The zero-order valence-corrected chi connectivity index (χ0v) is 17.3. The second-order valence-corrected chi connectivity index (χ2v) is 6.96. The molecule has 0 radical (unpaired) electrons. The first kappa shape index (κ1) is 21.3. The second kappa shape index (κ2) is 10.4. The number of hydrogen-bond acceptors (Lipinski definition) is 8. The molecule has 0 saturated carbocycles. The molecule has 0 aliphatic carbocycles. The fourth-order valence-corrected chi connectivity index (χ4v) is 3.34. The van der Waals surface area contributed by atoms with Gasteiger partial charge in [0.15, 0.2) is 11.5 Å². The molecule has 9 nitrogen and oxygen atoms in total. The van der Waals surface area contributed by atoms with Crippen molar-refractivity contribution in [2.75, 3.05) is 19.0 Å². The molecule has 0 fully saturated rings. The Labute approximate surface area is 175 Å². The van der Waals surface area contributed by atoms with Gasteiger partial charge in [0.05, 0.1) is 17.9 Å². The first-order chi connectivity index (χ1) is 14.7. The molecule has 1 atom stereocenters. The quantitative estimate of drug-likeness (QED) is 0.469. The van der Waals surface area contributed by atoms with Gasteiger partial charge < -0.3 is 15.5 Å². The van der Waals surface area contributed by atoms with Crippen LogP contribution in [0.1, 0.15) is 42.4 Å². The van der Waals surface area contributed by atoms with Gasteiger partial charge >= 0.3 is 0 Å². The zero-order valence-electron chi connectivity index (χ0n) is 17.3. The number of pyridine rings is 1. The lowest BCUT2D eigenvalue weighted by Gasteiger charge is -2.19. The molecule has 3 rings (SSSR count). The van der Waals surface area contributed by atoms with E-state index in [1.165, 1.54) is 6.21 Å². The Bertz CT molecular complexity index is 1040. The van der Waals surface area contributed by atoms with Crippen LogP contribution in [0.4, 0.5) is 5.82 Å². The molecule has 0 saturated heterocycles. The Kier molecular flexibility index (Phi) is 7.40. The number of ether oxygens (including phenoxy) is 1. The van der Waals surface area contributed by atoms with Crippen molar-refractivity contribution in [3.8, 4) is 6.07 Å². The van der Waals surface area contributed by atoms with Gasteiger partial charge in [0.2, 0.25) is 0 Å². The van der Waals surface area contributed by atoms with Gasteiger partial charge in [-0.3, -0.25) is 0 Å². The number of nitrogens with zero attached hydrogens (tertiary/aromatic N) is 6. The predicted octanol–water partition coefficient (Wildman–Crippen LogP) is 2.60. The Morgan fingerprint density at radius 1 is 1.37 bits per heavy atom. The Balaban J connectivity index is 1.91. The van der Waals surface area contributed by atoms with Gasteiger partial charge in [0.1, 0.15) is 18.2 Å². The van der Waals surface area contributed by atoms with E-state index in [-0.39, 0.29) is 6.04 Å². The number of fused-ring (bicyclic) bond motifs is 1. The summed E-state index contributed by atoms with van der Waals surface area (Å²) in [4.78, 5) is 13.6. The van der Waals surface area contributed by atoms with Crippen molar-refractivity contribution in [2.24, 2.45) is 0 Å². The van der Waals surface area contributed by atoms with Gasteiger partial charge in [-0.05, 0) is 24.8 Å². The van der Waals surface area contributed by atoms with Crippen molar-refractivity contribution >= 4 is 17.7 Å². The van der Waals surface area contributed by atoms with Crippen LogP contribution in [0.5, 0.6) is 0 Å². The summed E-state index contributed by atoms with van der Waals surface area (Å²) in [6, 6.07) is 5.49. The lowest BCUT2D eigenvalue weighted by molar-refractivity contribution is 0.200. The summed E-state index contributed by atoms with van der Waals surface area (Å²) < 4.78 is 6.86. The fourth-order valence-electron chi connectivity index (χ4n) is 3.34. The van der Waals surface area contributed by atoms with Crippen LogP contribution in [0.15, 0.2) is 24.7 Å². The zero-order chi connectivity index (χ0) is 21.3. The molecule has 0 aromatic carbocycles. The number of nitriles is 1. The van der Waals surface area contributed by atoms with Gasteiger partial charge in [-0.25, -0.2) is 19.5 Å². The molecule has 3 aromatic rings. The largest absolute Gasteiger partial charge is 0.384 e. The molecular weight excluding hydrogens is 380 g/mol. The van der Waals surface area contributed by atoms with Crippen molar-refractivity contribution in [3.63, 3.8) is 0 Å². The molecule has 3 aromatic heterocycles. The average molecular weight is 406 g/mol. The molecule has 0 aliphatic rings. The van der Waals surface area contributed by atoms with E-state index in [1.807, 2.05) is 0 Å². The SMILES string of the molecule is CCCc1c(CC(CC=N)Nc2ncccc2C#N)ncn2nc(CCOC)nc12. The molecule has 30 heavy (non-hydrogen) atoms. The van der Waals surface area contributed by atoms with Gasteiger partial charge in [-0.1, -0.05) is 13.3 Å². The Morgan fingerprint density at radius 2 is 2.23 bits per heavy atom. The van der Waals surface area contributed by atoms with Crippen molar-refractivity contribution < 1.29 is 4.74 Å². The standard InChI is InChI=1S/C21H26N8O/c1-3-5-17-18(25-14-29-21(17)27-19(28-29)8-11-30-2)12-16(7-9-22)26-20-15(13-23)6-4-10-24-20/h4,6,9-10,14,16,22H,3,5,7-8,11-12H2,1-2H3,(H,24,26). The summed E-state index contributed by atoms with van der Waals surface area (Å²) in [5.41, 5.74) is 3.28. The molecule has 9 heteroatoms. The van der Waals surface area contributed by atoms with Crippen LogP contribution in [0.25, 0.3) is 5.65 Å². The maximum Gasteiger partial charge on any atom is 0.162 e. The van der Waals surface area contributed by atoms with E-state index in [0.29, 0.717) is 37.3 Å². The van der Waals surface area contributed by atoms with Gasteiger partial charge in [0, 0.05) is 44.2 Å². The number of anilines is 1. The predicted molar refractivity (Wildman–Crippen MR) is 114 cm³/mol. The molecule has 3 heterocycles. The third-order valence-corrected chi connectivity index (χ3v) is 4.76. The van der Waals surface area contributed by atoms with E-state index in [9.17, 15) is 5.26 Å². The number of aromatic nitrogens is 5. The van der Waals surface area contributed by atoms with E-state index in [2.05, 4.69) is 33.4 Å². The van der Waals surface area contributed by atoms with E-state index in [1.54, 1.807) is 36.3 Å². The highest BCUT2D eigenvalue weighted by Crippen LogP contribution is 2.20. The number of hydrogen-bond donors (Lipinski definition) is 2. The van der Waals surface area contributed by atoms with E-state index in [0.717, 1.165) is 35.6 Å². The van der Waals surface area contributed by atoms with Crippen LogP contribution in [0.3, 0.4) is 0 Å². The Morgan fingerprint density at radius 3 is 2.97 bits per heavy atom. The molecule has 156 valence electrons. The highest BCUT2D eigenvalue weighted by molar-refractivity contribution is 5.58. The summed E-state index contributed by atoms with van der Waals surface area (Å²) >= 11 is 0. The summed E-state index contributed by atoms with van der Waals surface area (Å²) in [6.07, 6.45) is 8.22. The fraction of sp³-hybridized carbons (Fsp3) is 0.429. The van der Waals surface area contributed by atoms with Crippen LogP contribution in [0, 0.1) is 16.7 Å². The lowest BCUT2D eigenvalue weighted by atomic mass is 10.0. The van der Waals surface area contributed by atoms with E-state index in [4.69, 9.17) is 15.1 Å². The molecule has 0 spiro atoms. The van der Waals surface area contributed by atoms with Crippen LogP contribution in [-0.2, 0) is 24.0 Å². The van der Waals surface area contributed by atoms with Crippen molar-refractivity contribution in [1.82, 2.24) is 24.6 Å². The van der Waals surface area contributed by atoms with E-state index >= 15 is 0 Å². The van der Waals surface area contributed by atoms with Gasteiger partial charge in [0.25, 0.3) is 0 Å². The third-order valence-electron chi connectivity index (χ3n) is 4.76. The van der Waals surface area contributed by atoms with Crippen molar-refractivity contribution in [3.05, 3.63) is 47.3 Å². The first-order valence-electron chi connectivity index (χ1n) is 10.0. The van der Waals surface area contributed by atoms with Crippen LogP contribution < -0.4 is 5.32 Å². The number of methoxy groups -OCH3 is 1. The first-order valence-corrected chi connectivity index (χ1v) is 10.0. The maximum atomic E-state index is 9.33. The normalized spacial score (nSPS) is 11.9. The molecular formula is C21H26N8O. The van der Waals surface area contributed by atoms with Crippen molar-refractivity contribution in [1.29, 1.82) is 10.7 Å². The highest BCUT2D eigenvalue weighted by atomic mass is 16.5. The molecule has 0 aliphatic heterocycles. The van der Waals surface area contributed by atoms with Gasteiger partial charge in [-0.15, -0.1) is 5.10 Å². The molecule has 0 amide bonds. The minimum absolute atomic E-state index is 0.120. The maximum absolute atomic E-state index is 9.33. The van der Waals surface area contributed by atoms with Crippen LogP contribution in [-0.4, -0.2) is 50.5 Å². The number of rotatable bonds is 11. The molecule has 0 bridgehead atoms. The van der Waals surface area contributed by atoms with Crippen molar-refractivity contribution in [2.45, 2.75) is 45.1 Å². The summed E-state index contributed by atoms with van der Waals surface area (Å²) in [6.45, 7) is 2.69. The Hall–Kier alpha value is -3.38. The average Bonchev–Trinajstić information content (AvgIpc) is 3.18. The molecule has 1 unspecified atom stereocenters. The van der Waals surface area contributed by atoms with E-state index < -0.39 is 0 Å².